The van der Waals surface area contributed by atoms with E-state index in [1.54, 1.807) is 6.07 Å². The van der Waals surface area contributed by atoms with Gasteiger partial charge < -0.3 is 16.0 Å². The van der Waals surface area contributed by atoms with Gasteiger partial charge in [0.2, 0.25) is 21.8 Å². The fourth-order valence-electron chi connectivity index (χ4n) is 7.36. The summed E-state index contributed by atoms with van der Waals surface area (Å²) in [5.41, 5.74) is -1.24. The number of carbonyl (C=O) groups excluding carboxylic acids is 2. The van der Waals surface area contributed by atoms with Crippen molar-refractivity contribution in [3.8, 4) is 23.0 Å². The number of nitrogens with one attached hydrogen (secondary N) is 4. The molecule has 0 unspecified atom stereocenters. The highest BCUT2D eigenvalue weighted by molar-refractivity contribution is 7.92. The van der Waals surface area contributed by atoms with Crippen molar-refractivity contribution in [3.05, 3.63) is 81.3 Å². The Hall–Kier alpha value is -5.81. The van der Waals surface area contributed by atoms with Crippen molar-refractivity contribution in [3.63, 3.8) is 0 Å². The summed E-state index contributed by atoms with van der Waals surface area (Å²) in [5, 5.41) is 16.5. The number of aryl methyl sites for hydroxylation is 1. The highest BCUT2D eigenvalue weighted by atomic mass is 35.5. The molecule has 4 heterocycles. The van der Waals surface area contributed by atoms with Crippen molar-refractivity contribution in [1.82, 2.24) is 29.9 Å². The summed E-state index contributed by atoms with van der Waals surface area (Å²) < 4.78 is 117. The molecule has 0 radical (unpaired) electrons. The SMILES string of the molecule is Cn1nc(NS(C)(=O)=O)c2c(Cl)ccc(-c3cc4c(nc3[C@H](Cc3cc(F)cc(F)c3)NC(=O)Cn3nc(C(F)F)c5c3C(F)(F)[C@@H]3C#C[C@H]53)NCC(=O)N4)c21. The van der Waals surface area contributed by atoms with Gasteiger partial charge in [0.05, 0.1) is 52.1 Å². The van der Waals surface area contributed by atoms with Gasteiger partial charge in [-0.05, 0) is 36.2 Å². The molecule has 3 atom stereocenters. The molecule has 3 aliphatic rings. The lowest BCUT2D eigenvalue weighted by Crippen LogP contribution is -2.36. The first-order chi connectivity index (χ1) is 26.4. The van der Waals surface area contributed by atoms with Crippen LogP contribution in [0.1, 0.15) is 46.6 Å². The number of amides is 2. The Kier molecular flexibility index (Phi) is 8.72. The third-order valence-electron chi connectivity index (χ3n) is 9.54. The van der Waals surface area contributed by atoms with Crippen molar-refractivity contribution in [1.29, 1.82) is 0 Å². The van der Waals surface area contributed by atoms with Crippen molar-refractivity contribution >= 4 is 61.7 Å². The highest BCUT2D eigenvalue weighted by Crippen LogP contribution is 2.57. The summed E-state index contributed by atoms with van der Waals surface area (Å²) in [5.74, 6) is -4.94. The fraction of sp³-hybridized carbons (Fsp3) is 0.286. The quantitative estimate of drug-likeness (QED) is 0.108. The fourth-order valence-corrected chi connectivity index (χ4v) is 8.10. The number of rotatable bonds is 10. The second kappa shape index (κ2) is 13.2. The van der Waals surface area contributed by atoms with Crippen LogP contribution in [0.25, 0.3) is 22.0 Å². The van der Waals surface area contributed by atoms with Crippen LogP contribution in [-0.2, 0) is 45.5 Å². The predicted octanol–water partition coefficient (Wildman–Crippen LogP) is 5.36. The molecule has 0 saturated carbocycles. The number of pyridine rings is 1. The van der Waals surface area contributed by atoms with Gasteiger partial charge in [-0.25, -0.2) is 31.0 Å². The molecule has 2 amide bonds. The average molecular weight is 818 g/mol. The van der Waals surface area contributed by atoms with Crippen molar-refractivity contribution in [2.45, 2.75) is 37.3 Å². The summed E-state index contributed by atoms with van der Waals surface area (Å²) in [6.07, 6.45) is -2.69. The largest absolute Gasteiger partial charge is 0.359 e. The maximum atomic E-state index is 15.5. The van der Waals surface area contributed by atoms with Crippen LogP contribution >= 0.6 is 11.6 Å². The zero-order valence-corrected chi connectivity index (χ0v) is 30.4. The Labute approximate surface area is 317 Å². The summed E-state index contributed by atoms with van der Waals surface area (Å²) in [6.45, 7) is -1.17. The minimum Gasteiger partial charge on any atom is -0.359 e. The van der Waals surface area contributed by atoms with Gasteiger partial charge in [0.1, 0.15) is 35.5 Å². The Morgan fingerprint density at radius 1 is 1.09 bits per heavy atom. The van der Waals surface area contributed by atoms with Gasteiger partial charge in [0.15, 0.2) is 11.6 Å². The smallest absolute Gasteiger partial charge is 0.304 e. The maximum Gasteiger partial charge on any atom is 0.304 e. The van der Waals surface area contributed by atoms with Gasteiger partial charge in [-0.1, -0.05) is 29.5 Å². The van der Waals surface area contributed by atoms with Crippen LogP contribution in [0.5, 0.6) is 0 Å². The molecule has 0 bridgehead atoms. The predicted molar refractivity (Wildman–Crippen MR) is 191 cm³/mol. The van der Waals surface area contributed by atoms with E-state index in [1.807, 2.05) is 0 Å². The topological polar surface area (TPSA) is 165 Å². The zero-order chi connectivity index (χ0) is 40.0. The molecule has 2 aliphatic carbocycles. The number of carbonyl (C=O) groups is 2. The standard InChI is InChI=1S/C35H26ClF6N9O4S/c1-50-30-17(4-6-21(36)27(30)34(48-50)49-56(2,54)55)19-11-23-33(43-12-24(52)45-23)46-28(19)22(9-14-7-15(37)10-16(38)8-14)44-25(53)13-51-31-26(29(47-51)32(39)40)18-3-5-20(18)35(31,41)42/h4,6-8,10-11,18,20,22,32H,9,12-13H2,1-2H3,(H,43,46)(H,44,53)(H,45,52)(H,48,49)/t18-,20+,22-/m0/s1. The van der Waals surface area contributed by atoms with Gasteiger partial charge in [-0.15, -0.1) is 0 Å². The zero-order valence-electron chi connectivity index (χ0n) is 28.8. The summed E-state index contributed by atoms with van der Waals surface area (Å²) in [4.78, 5) is 31.1. The summed E-state index contributed by atoms with van der Waals surface area (Å²) in [7, 11) is -2.35. The first-order valence-electron chi connectivity index (χ1n) is 16.6. The molecular formula is C35H26ClF6N9O4S. The van der Waals surface area contributed by atoms with E-state index in [-0.39, 0.29) is 68.6 Å². The van der Waals surface area contributed by atoms with E-state index in [0.717, 1.165) is 18.4 Å². The van der Waals surface area contributed by atoms with Crippen molar-refractivity contribution in [2.75, 3.05) is 28.2 Å². The van der Waals surface area contributed by atoms with Crippen LogP contribution in [0.3, 0.4) is 0 Å². The Bertz CT molecular complexity index is 2690. The van der Waals surface area contributed by atoms with Crippen LogP contribution in [0, 0.1) is 29.4 Å². The molecule has 290 valence electrons. The minimum atomic E-state index is -3.85. The van der Waals surface area contributed by atoms with Crippen LogP contribution in [-0.4, -0.2) is 57.6 Å². The van der Waals surface area contributed by atoms with E-state index in [1.165, 1.54) is 23.9 Å². The van der Waals surface area contributed by atoms with E-state index in [9.17, 15) is 35.6 Å². The third-order valence-corrected chi connectivity index (χ3v) is 10.4. The number of halogens is 7. The van der Waals surface area contributed by atoms with E-state index in [2.05, 4.69) is 42.7 Å². The lowest BCUT2D eigenvalue weighted by molar-refractivity contribution is -0.123. The first-order valence-corrected chi connectivity index (χ1v) is 18.9. The molecule has 0 fully saturated rings. The van der Waals surface area contributed by atoms with E-state index in [4.69, 9.17) is 16.6 Å². The van der Waals surface area contributed by atoms with E-state index < -0.39 is 87.2 Å². The van der Waals surface area contributed by atoms with Gasteiger partial charge in [-0.3, -0.25) is 23.7 Å². The second-order valence-corrected chi connectivity index (χ2v) is 15.6. The van der Waals surface area contributed by atoms with Gasteiger partial charge in [0.25, 0.3) is 6.43 Å². The molecule has 4 N–H and O–H groups in total. The number of fused-ring (bicyclic) bond motifs is 5. The molecule has 0 spiro atoms. The number of aromatic nitrogens is 5. The number of anilines is 3. The van der Waals surface area contributed by atoms with E-state index >= 15 is 8.78 Å². The molecule has 56 heavy (non-hydrogen) atoms. The van der Waals surface area contributed by atoms with E-state index in [0.29, 0.717) is 10.7 Å². The number of benzene rings is 2. The molecule has 2 aromatic carbocycles. The number of sulfonamides is 1. The molecule has 13 nitrogen and oxygen atoms in total. The number of alkyl halides is 4. The summed E-state index contributed by atoms with van der Waals surface area (Å²) in [6, 6.07) is 5.80. The molecule has 5 aromatic rings. The van der Waals surface area contributed by atoms with Gasteiger partial charge in [-0.2, -0.15) is 19.0 Å². The number of hydrogen-bond acceptors (Lipinski definition) is 8. The molecule has 8 rings (SSSR count). The molecule has 3 aromatic heterocycles. The summed E-state index contributed by atoms with van der Waals surface area (Å²) >= 11 is 6.57. The van der Waals surface area contributed by atoms with Crippen LogP contribution in [0.15, 0.2) is 36.4 Å². The third kappa shape index (κ3) is 6.33. The number of nitrogens with zero attached hydrogens (tertiary/aromatic N) is 5. The first kappa shape index (κ1) is 37.1. The lowest BCUT2D eigenvalue weighted by atomic mass is 9.84. The van der Waals surface area contributed by atoms with Crippen LogP contribution in [0.2, 0.25) is 5.02 Å². The second-order valence-electron chi connectivity index (χ2n) is 13.5. The highest BCUT2D eigenvalue weighted by Gasteiger charge is 2.60. The van der Waals surface area contributed by atoms with Crippen LogP contribution in [0.4, 0.5) is 43.7 Å². The monoisotopic (exact) mass is 817 g/mol. The van der Waals surface area contributed by atoms with Crippen LogP contribution < -0.4 is 20.7 Å². The minimum absolute atomic E-state index is 0.0172. The normalized spacial score (nSPS) is 18.2. The molecule has 21 heteroatoms. The molecule has 1 aliphatic heterocycles. The molecular weight excluding hydrogens is 792 g/mol. The lowest BCUT2D eigenvalue weighted by Gasteiger charge is -2.26. The Morgan fingerprint density at radius 3 is 2.48 bits per heavy atom. The number of hydrogen-bond donors (Lipinski definition) is 4. The van der Waals surface area contributed by atoms with Crippen molar-refractivity contribution in [2.24, 2.45) is 13.0 Å². The molecule has 0 saturated heterocycles. The Morgan fingerprint density at radius 2 is 1.82 bits per heavy atom. The average Bonchev–Trinajstić information content (AvgIpc) is 3.64. The Balaban J connectivity index is 1.28. The van der Waals surface area contributed by atoms with Gasteiger partial charge in [0, 0.05) is 29.8 Å². The maximum absolute atomic E-state index is 15.5. The van der Waals surface area contributed by atoms with Gasteiger partial charge >= 0.3 is 5.92 Å². The van der Waals surface area contributed by atoms with Crippen molar-refractivity contribution < 1.29 is 44.3 Å².